The summed E-state index contributed by atoms with van der Waals surface area (Å²) in [6.45, 7) is 12.9. The van der Waals surface area contributed by atoms with Crippen LogP contribution in [-0.4, -0.2) is 18.3 Å². The van der Waals surface area contributed by atoms with Gasteiger partial charge < -0.3 is 9.31 Å². The average Bonchev–Trinajstić information content (AvgIpc) is 3.02. The first-order valence-corrected chi connectivity index (χ1v) is 7.64. The molecule has 0 bridgehead atoms. The molecule has 2 atom stereocenters. The van der Waals surface area contributed by atoms with Crippen molar-refractivity contribution in [2.24, 2.45) is 0 Å². The van der Waals surface area contributed by atoms with Gasteiger partial charge >= 0.3 is 7.12 Å². The summed E-state index contributed by atoms with van der Waals surface area (Å²) in [6.07, 6.45) is 1.18. The molecule has 0 aromatic heterocycles. The lowest BCUT2D eigenvalue weighted by Crippen LogP contribution is -2.41. The van der Waals surface area contributed by atoms with E-state index in [0.29, 0.717) is 11.7 Å². The standard InChI is InChI=1S/C17H25BO2/c1-11-7-8-13(12(2)9-11)14-10-15(14)18-19-16(3,4)17(5,6)20-18/h7-9,14-15H,10H2,1-6H3/t14-,15+/m0/s1. The third-order valence-corrected chi connectivity index (χ3v) is 5.29. The van der Waals surface area contributed by atoms with E-state index >= 15 is 0 Å². The molecule has 3 rings (SSSR count). The number of aryl methyl sites for hydroxylation is 2. The lowest BCUT2D eigenvalue weighted by molar-refractivity contribution is 0.00578. The van der Waals surface area contributed by atoms with Crippen molar-refractivity contribution in [1.29, 1.82) is 0 Å². The SMILES string of the molecule is Cc1ccc([C@@H]2C[C@H]2B2OC(C)(C)C(C)(C)O2)c(C)c1. The van der Waals surface area contributed by atoms with E-state index in [9.17, 15) is 0 Å². The number of hydrogen-bond acceptors (Lipinski definition) is 2. The zero-order chi connectivity index (χ0) is 14.7. The van der Waals surface area contributed by atoms with E-state index in [-0.39, 0.29) is 18.3 Å². The fourth-order valence-electron chi connectivity index (χ4n) is 3.18. The maximum absolute atomic E-state index is 6.18. The average molecular weight is 272 g/mol. The van der Waals surface area contributed by atoms with Gasteiger partial charge in [-0.25, -0.2) is 0 Å². The fraction of sp³-hybridized carbons (Fsp3) is 0.647. The summed E-state index contributed by atoms with van der Waals surface area (Å²) in [5.41, 5.74) is 3.77. The summed E-state index contributed by atoms with van der Waals surface area (Å²) in [6, 6.07) is 6.76. The van der Waals surface area contributed by atoms with E-state index in [0.717, 1.165) is 0 Å². The Balaban J connectivity index is 1.74. The Morgan fingerprint density at radius 3 is 2.20 bits per heavy atom. The summed E-state index contributed by atoms with van der Waals surface area (Å²) < 4.78 is 12.4. The molecule has 1 aromatic carbocycles. The molecule has 1 aliphatic heterocycles. The molecule has 3 heteroatoms. The van der Waals surface area contributed by atoms with Crippen LogP contribution >= 0.6 is 0 Å². The Morgan fingerprint density at radius 2 is 1.65 bits per heavy atom. The fourth-order valence-corrected chi connectivity index (χ4v) is 3.18. The molecule has 2 nitrogen and oxygen atoms in total. The van der Waals surface area contributed by atoms with Gasteiger partial charge in [-0.2, -0.15) is 0 Å². The predicted octanol–water partition coefficient (Wildman–Crippen LogP) is 4.25. The highest BCUT2D eigenvalue weighted by molar-refractivity contribution is 6.49. The summed E-state index contributed by atoms with van der Waals surface area (Å²) in [5, 5.41) is 0. The first-order valence-electron chi connectivity index (χ1n) is 7.64. The molecule has 1 saturated heterocycles. The lowest BCUT2D eigenvalue weighted by Gasteiger charge is -2.32. The van der Waals surface area contributed by atoms with Crippen molar-refractivity contribution in [3.05, 3.63) is 34.9 Å². The van der Waals surface area contributed by atoms with Crippen LogP contribution in [-0.2, 0) is 9.31 Å². The normalized spacial score (nSPS) is 30.6. The first-order chi connectivity index (χ1) is 9.21. The van der Waals surface area contributed by atoms with E-state index in [1.54, 1.807) is 0 Å². The molecule has 1 aromatic rings. The monoisotopic (exact) mass is 272 g/mol. The van der Waals surface area contributed by atoms with E-state index < -0.39 is 0 Å². The first kappa shape index (κ1) is 14.2. The number of rotatable bonds is 2. The van der Waals surface area contributed by atoms with E-state index in [1.165, 1.54) is 23.1 Å². The third kappa shape index (κ3) is 2.21. The van der Waals surface area contributed by atoms with Crippen LogP contribution < -0.4 is 0 Å². The highest BCUT2D eigenvalue weighted by atomic mass is 16.7. The molecule has 0 N–H and O–H groups in total. The summed E-state index contributed by atoms with van der Waals surface area (Å²) in [7, 11) is -0.0503. The van der Waals surface area contributed by atoms with Crippen molar-refractivity contribution in [3.63, 3.8) is 0 Å². The van der Waals surface area contributed by atoms with Gasteiger partial charge in [0, 0.05) is 5.82 Å². The molecule has 1 heterocycles. The summed E-state index contributed by atoms with van der Waals surface area (Å²) in [5.74, 6) is 1.11. The lowest BCUT2D eigenvalue weighted by atomic mass is 9.79. The van der Waals surface area contributed by atoms with Crippen LogP contribution in [0.3, 0.4) is 0 Å². The van der Waals surface area contributed by atoms with E-state index in [4.69, 9.17) is 9.31 Å². The molecule has 2 fully saturated rings. The Labute approximate surface area is 123 Å². The zero-order valence-corrected chi connectivity index (χ0v) is 13.5. The molecular formula is C17H25BO2. The van der Waals surface area contributed by atoms with Gasteiger partial charge in [0.15, 0.2) is 0 Å². The van der Waals surface area contributed by atoms with Crippen LogP contribution in [0.5, 0.6) is 0 Å². The number of hydrogen-bond donors (Lipinski definition) is 0. The minimum Gasteiger partial charge on any atom is -0.403 e. The van der Waals surface area contributed by atoms with Crippen molar-refractivity contribution in [3.8, 4) is 0 Å². The van der Waals surface area contributed by atoms with Crippen LogP contribution in [0.25, 0.3) is 0 Å². The minimum atomic E-state index is -0.215. The van der Waals surface area contributed by atoms with Gasteiger partial charge in [0.1, 0.15) is 0 Å². The van der Waals surface area contributed by atoms with Crippen molar-refractivity contribution < 1.29 is 9.31 Å². The van der Waals surface area contributed by atoms with Crippen LogP contribution in [0.1, 0.15) is 56.7 Å². The van der Waals surface area contributed by atoms with Crippen molar-refractivity contribution in [1.82, 2.24) is 0 Å². The highest BCUT2D eigenvalue weighted by Gasteiger charge is 2.59. The molecular weight excluding hydrogens is 247 g/mol. The van der Waals surface area contributed by atoms with E-state index in [1.807, 2.05) is 0 Å². The maximum Gasteiger partial charge on any atom is 0.461 e. The Bertz CT molecular complexity index is 520. The Kier molecular flexibility index (Phi) is 3.08. The molecule has 1 saturated carbocycles. The van der Waals surface area contributed by atoms with Crippen LogP contribution in [0.2, 0.25) is 5.82 Å². The Morgan fingerprint density at radius 1 is 1.05 bits per heavy atom. The van der Waals surface area contributed by atoms with Crippen molar-refractivity contribution in [2.75, 3.05) is 0 Å². The summed E-state index contributed by atoms with van der Waals surface area (Å²) in [4.78, 5) is 0. The van der Waals surface area contributed by atoms with Gasteiger partial charge in [0.2, 0.25) is 0 Å². The second-order valence-corrected chi connectivity index (χ2v) is 7.49. The second-order valence-electron chi connectivity index (χ2n) is 7.49. The molecule has 2 aliphatic rings. The Hall–Kier alpha value is -0.795. The smallest absolute Gasteiger partial charge is 0.403 e. The van der Waals surface area contributed by atoms with Crippen molar-refractivity contribution in [2.45, 2.75) is 70.9 Å². The molecule has 0 unspecified atom stereocenters. The largest absolute Gasteiger partial charge is 0.461 e. The minimum absolute atomic E-state index is 0.0503. The molecule has 20 heavy (non-hydrogen) atoms. The molecule has 0 spiro atoms. The molecule has 0 radical (unpaired) electrons. The van der Waals surface area contributed by atoms with Crippen molar-refractivity contribution >= 4 is 7.12 Å². The molecule has 1 aliphatic carbocycles. The topological polar surface area (TPSA) is 18.5 Å². The van der Waals surface area contributed by atoms with Crippen LogP contribution in [0, 0.1) is 13.8 Å². The third-order valence-electron chi connectivity index (χ3n) is 5.29. The van der Waals surface area contributed by atoms with E-state index in [2.05, 4.69) is 59.7 Å². The van der Waals surface area contributed by atoms with Crippen LogP contribution in [0.4, 0.5) is 0 Å². The highest BCUT2D eigenvalue weighted by Crippen LogP contribution is 2.58. The summed E-state index contributed by atoms with van der Waals surface area (Å²) >= 11 is 0. The van der Waals surface area contributed by atoms with Gasteiger partial charge in [-0.1, -0.05) is 23.8 Å². The number of benzene rings is 1. The quantitative estimate of drug-likeness (QED) is 0.749. The predicted molar refractivity (Wildman–Crippen MR) is 83.1 cm³/mol. The molecule has 0 amide bonds. The van der Waals surface area contributed by atoms with Crippen LogP contribution in [0.15, 0.2) is 18.2 Å². The van der Waals surface area contributed by atoms with Gasteiger partial charge in [0.25, 0.3) is 0 Å². The molecule has 108 valence electrons. The van der Waals surface area contributed by atoms with Gasteiger partial charge in [-0.15, -0.1) is 0 Å². The van der Waals surface area contributed by atoms with Gasteiger partial charge in [-0.3, -0.25) is 0 Å². The van der Waals surface area contributed by atoms with Gasteiger partial charge in [0.05, 0.1) is 11.2 Å². The zero-order valence-electron chi connectivity index (χ0n) is 13.5. The van der Waals surface area contributed by atoms with Gasteiger partial charge in [-0.05, 0) is 65.0 Å². The maximum atomic E-state index is 6.18. The second kappa shape index (κ2) is 4.35.